The van der Waals surface area contributed by atoms with Gasteiger partial charge in [-0.2, -0.15) is 0 Å². The van der Waals surface area contributed by atoms with E-state index in [4.69, 9.17) is 9.47 Å². The van der Waals surface area contributed by atoms with Gasteiger partial charge in [-0.25, -0.2) is 0 Å². The molecule has 0 fully saturated rings. The predicted octanol–water partition coefficient (Wildman–Crippen LogP) is 4.18. The van der Waals surface area contributed by atoms with Gasteiger partial charge >= 0.3 is 0 Å². The van der Waals surface area contributed by atoms with Crippen LogP contribution in [-0.4, -0.2) is 11.9 Å². The van der Waals surface area contributed by atoms with Crippen LogP contribution in [0.3, 0.4) is 0 Å². The van der Waals surface area contributed by atoms with Gasteiger partial charge in [-0.1, -0.05) is 24.8 Å². The third kappa shape index (κ3) is 3.90. The highest BCUT2D eigenvalue weighted by Gasteiger charge is 2.23. The van der Waals surface area contributed by atoms with Crippen molar-refractivity contribution in [1.29, 1.82) is 0 Å². The van der Waals surface area contributed by atoms with E-state index in [2.05, 4.69) is 6.58 Å². The Balaban J connectivity index is 2.95. The van der Waals surface area contributed by atoms with Crippen LogP contribution >= 0.6 is 0 Å². The molecule has 0 bridgehead atoms. The van der Waals surface area contributed by atoms with E-state index in [9.17, 15) is 0 Å². The van der Waals surface area contributed by atoms with E-state index in [-0.39, 0.29) is 6.10 Å². The first-order chi connectivity index (χ1) is 7.85. The van der Waals surface area contributed by atoms with Crippen molar-refractivity contribution in [2.45, 2.75) is 46.5 Å². The van der Waals surface area contributed by atoms with Gasteiger partial charge in [0.05, 0.1) is 6.10 Å². The first kappa shape index (κ1) is 13.8. The molecule has 0 amide bonds. The summed E-state index contributed by atoms with van der Waals surface area (Å²) < 4.78 is 11.6. The van der Waals surface area contributed by atoms with Crippen LogP contribution in [0.2, 0.25) is 0 Å². The maximum atomic E-state index is 5.92. The number of ether oxygens (including phenoxy) is 2. The zero-order valence-electron chi connectivity index (χ0n) is 11.4. The van der Waals surface area contributed by atoms with Crippen LogP contribution in [0.1, 0.15) is 38.8 Å². The minimum Gasteiger partial charge on any atom is -0.462 e. The molecule has 0 aromatic heterocycles. The second kappa shape index (κ2) is 5.37. The van der Waals surface area contributed by atoms with Crippen molar-refractivity contribution < 1.29 is 9.47 Å². The lowest BCUT2D eigenvalue weighted by Crippen LogP contribution is -2.34. The van der Waals surface area contributed by atoms with E-state index in [1.165, 1.54) is 0 Å². The van der Waals surface area contributed by atoms with Crippen molar-refractivity contribution in [3.63, 3.8) is 0 Å². The number of hydrogen-bond acceptors (Lipinski definition) is 2. The molecular formula is C15H22O2. The zero-order valence-corrected chi connectivity index (χ0v) is 11.4. The third-order valence-corrected chi connectivity index (χ3v) is 2.36. The van der Waals surface area contributed by atoms with Crippen molar-refractivity contribution >= 4 is 6.08 Å². The van der Waals surface area contributed by atoms with E-state index >= 15 is 0 Å². The number of benzene rings is 1. The molecular weight excluding hydrogens is 212 g/mol. The maximum absolute atomic E-state index is 5.92. The highest BCUT2D eigenvalue weighted by Crippen LogP contribution is 2.27. The summed E-state index contributed by atoms with van der Waals surface area (Å²) in [5.41, 5.74) is 2.17. The van der Waals surface area contributed by atoms with E-state index in [1.807, 2.05) is 58.9 Å². The molecule has 0 aliphatic rings. The second-order valence-corrected chi connectivity index (χ2v) is 4.86. The summed E-state index contributed by atoms with van der Waals surface area (Å²) in [6, 6.07) is 5.96. The lowest BCUT2D eigenvalue weighted by Gasteiger charge is -2.29. The van der Waals surface area contributed by atoms with Gasteiger partial charge in [0, 0.05) is 19.4 Å². The fraction of sp³-hybridized carbons (Fsp3) is 0.467. The van der Waals surface area contributed by atoms with Crippen molar-refractivity contribution in [3.05, 3.63) is 35.9 Å². The van der Waals surface area contributed by atoms with Crippen LogP contribution in [0.4, 0.5) is 0 Å². The Hall–Kier alpha value is -1.28. The normalized spacial score (nSPS) is 11.6. The molecule has 0 heterocycles. The Morgan fingerprint density at radius 3 is 2.47 bits per heavy atom. The van der Waals surface area contributed by atoms with Crippen LogP contribution < -0.4 is 4.74 Å². The van der Waals surface area contributed by atoms with Gasteiger partial charge in [-0.05, 0) is 32.4 Å². The molecule has 17 heavy (non-hydrogen) atoms. The molecule has 2 heteroatoms. The van der Waals surface area contributed by atoms with Gasteiger partial charge in [0.15, 0.2) is 0 Å². The summed E-state index contributed by atoms with van der Waals surface area (Å²) in [5, 5.41) is 0. The first-order valence-electron chi connectivity index (χ1n) is 5.94. The van der Waals surface area contributed by atoms with Gasteiger partial charge in [-0.15, -0.1) is 0 Å². The minimum absolute atomic E-state index is 0.127. The fourth-order valence-corrected chi connectivity index (χ4v) is 1.86. The molecule has 1 aromatic carbocycles. The SMILES string of the molecule is C=Cc1c(C)cccc1OC(C)(C)OC(C)C. The molecule has 0 unspecified atom stereocenters. The molecule has 2 nitrogen and oxygen atoms in total. The molecule has 0 atom stereocenters. The summed E-state index contributed by atoms with van der Waals surface area (Å²) >= 11 is 0. The lowest BCUT2D eigenvalue weighted by molar-refractivity contribution is -0.178. The Morgan fingerprint density at radius 2 is 1.94 bits per heavy atom. The molecule has 0 N–H and O–H groups in total. The van der Waals surface area contributed by atoms with E-state index in [0.717, 1.165) is 16.9 Å². The Morgan fingerprint density at radius 1 is 1.29 bits per heavy atom. The van der Waals surface area contributed by atoms with Crippen LogP contribution in [0.15, 0.2) is 24.8 Å². The smallest absolute Gasteiger partial charge is 0.205 e. The number of rotatable bonds is 5. The van der Waals surface area contributed by atoms with Crippen molar-refractivity contribution in [2.75, 3.05) is 0 Å². The van der Waals surface area contributed by atoms with E-state index in [0.29, 0.717) is 0 Å². The average molecular weight is 234 g/mol. The summed E-state index contributed by atoms with van der Waals surface area (Å²) in [7, 11) is 0. The van der Waals surface area contributed by atoms with Crippen molar-refractivity contribution in [2.24, 2.45) is 0 Å². The molecule has 1 rings (SSSR count). The van der Waals surface area contributed by atoms with Crippen LogP contribution in [0.5, 0.6) is 5.75 Å². The second-order valence-electron chi connectivity index (χ2n) is 4.86. The zero-order chi connectivity index (χ0) is 13.1. The number of aryl methyl sites for hydroxylation is 1. The monoisotopic (exact) mass is 234 g/mol. The maximum Gasteiger partial charge on any atom is 0.205 e. The first-order valence-corrected chi connectivity index (χ1v) is 5.94. The molecule has 0 spiro atoms. The average Bonchev–Trinajstić information content (AvgIpc) is 2.14. The predicted molar refractivity (Wildman–Crippen MR) is 72.2 cm³/mol. The van der Waals surface area contributed by atoms with Gasteiger partial charge < -0.3 is 9.47 Å². The van der Waals surface area contributed by atoms with Crippen LogP contribution in [0, 0.1) is 6.92 Å². The highest BCUT2D eigenvalue weighted by molar-refractivity contribution is 5.59. The van der Waals surface area contributed by atoms with Gasteiger partial charge in [-0.3, -0.25) is 0 Å². The molecule has 0 radical (unpaired) electrons. The quantitative estimate of drug-likeness (QED) is 0.712. The van der Waals surface area contributed by atoms with Gasteiger partial charge in [0.25, 0.3) is 0 Å². The standard InChI is InChI=1S/C15H22O2/c1-7-13-12(4)9-8-10-14(13)17-15(5,6)16-11(2)3/h7-11H,1H2,2-6H3. The van der Waals surface area contributed by atoms with Gasteiger partial charge in [0.1, 0.15) is 5.75 Å². The summed E-state index contributed by atoms with van der Waals surface area (Å²) in [6.07, 6.45) is 1.94. The minimum atomic E-state index is -0.639. The van der Waals surface area contributed by atoms with Gasteiger partial charge in [0.2, 0.25) is 5.79 Å². The summed E-state index contributed by atoms with van der Waals surface area (Å²) in [5.74, 6) is 0.172. The highest BCUT2D eigenvalue weighted by atomic mass is 16.7. The fourth-order valence-electron chi connectivity index (χ4n) is 1.86. The Bertz CT molecular complexity index is 392. The largest absolute Gasteiger partial charge is 0.462 e. The molecule has 0 saturated heterocycles. The summed E-state index contributed by atoms with van der Waals surface area (Å²) in [6.45, 7) is 13.7. The third-order valence-electron chi connectivity index (χ3n) is 2.36. The molecule has 0 saturated carbocycles. The topological polar surface area (TPSA) is 18.5 Å². The Labute approximate surface area is 104 Å². The molecule has 94 valence electrons. The molecule has 0 aliphatic carbocycles. The number of hydrogen-bond donors (Lipinski definition) is 0. The van der Waals surface area contributed by atoms with Crippen LogP contribution in [0.25, 0.3) is 6.08 Å². The van der Waals surface area contributed by atoms with Crippen molar-refractivity contribution in [3.8, 4) is 5.75 Å². The van der Waals surface area contributed by atoms with E-state index in [1.54, 1.807) is 0 Å². The van der Waals surface area contributed by atoms with E-state index < -0.39 is 5.79 Å². The molecule has 1 aromatic rings. The Kier molecular flexibility index (Phi) is 4.35. The van der Waals surface area contributed by atoms with Crippen molar-refractivity contribution in [1.82, 2.24) is 0 Å². The molecule has 0 aliphatic heterocycles. The van der Waals surface area contributed by atoms with Crippen LogP contribution in [-0.2, 0) is 4.74 Å². The lowest BCUT2D eigenvalue weighted by atomic mass is 10.1. The summed E-state index contributed by atoms with van der Waals surface area (Å²) in [4.78, 5) is 0.